The Morgan fingerprint density at radius 2 is 1.92 bits per heavy atom. The zero-order chi connectivity index (χ0) is 17.7. The first-order chi connectivity index (χ1) is 11.4. The number of halogens is 2. The molecule has 1 aliphatic rings. The van der Waals surface area contributed by atoms with Gasteiger partial charge in [0.25, 0.3) is 5.91 Å². The molecule has 0 spiro atoms. The second-order valence-corrected chi connectivity index (χ2v) is 5.62. The summed E-state index contributed by atoms with van der Waals surface area (Å²) >= 11 is 0. The van der Waals surface area contributed by atoms with Crippen LogP contribution in [0.1, 0.15) is 13.3 Å². The van der Waals surface area contributed by atoms with Crippen LogP contribution in [0.2, 0.25) is 0 Å². The molecule has 0 bridgehead atoms. The van der Waals surface area contributed by atoms with Crippen LogP contribution in [-0.4, -0.2) is 65.6 Å². The zero-order valence-electron chi connectivity index (χ0n) is 13.4. The van der Waals surface area contributed by atoms with Crippen LogP contribution in [0.25, 0.3) is 0 Å². The molecule has 0 saturated carbocycles. The molecular formula is C16H20F2N2O4. The maximum absolute atomic E-state index is 13.6. The molecule has 8 heteroatoms. The first kappa shape index (κ1) is 18.1. The number of carboxylic acid groups (broad SMARTS) is 1. The van der Waals surface area contributed by atoms with Gasteiger partial charge in [0.05, 0.1) is 6.42 Å². The SMILES string of the molecule is CC(Oc1cccc(F)c1F)C(=O)N1CCN(CCC(=O)O)CC1. The Kier molecular flexibility index (Phi) is 6.08. The van der Waals surface area contributed by atoms with E-state index in [9.17, 15) is 18.4 Å². The summed E-state index contributed by atoms with van der Waals surface area (Å²) in [6.07, 6.45) is -0.876. The van der Waals surface area contributed by atoms with Gasteiger partial charge in [0.2, 0.25) is 5.82 Å². The summed E-state index contributed by atoms with van der Waals surface area (Å²) in [5, 5.41) is 8.67. The van der Waals surface area contributed by atoms with Crippen LogP contribution in [0.5, 0.6) is 5.75 Å². The van der Waals surface area contributed by atoms with Crippen molar-refractivity contribution in [3.63, 3.8) is 0 Å². The number of carbonyl (C=O) groups is 2. The molecule has 0 aromatic heterocycles. The summed E-state index contributed by atoms with van der Waals surface area (Å²) < 4.78 is 32.0. The molecule has 0 aliphatic carbocycles. The van der Waals surface area contributed by atoms with Crippen LogP contribution in [-0.2, 0) is 9.59 Å². The van der Waals surface area contributed by atoms with Crippen molar-refractivity contribution < 1.29 is 28.2 Å². The summed E-state index contributed by atoms with van der Waals surface area (Å²) in [6.45, 7) is 3.96. The molecule has 1 fully saturated rings. The maximum Gasteiger partial charge on any atom is 0.304 e. The number of rotatable bonds is 6. The topological polar surface area (TPSA) is 70.1 Å². The highest BCUT2D eigenvalue weighted by Gasteiger charge is 2.27. The van der Waals surface area contributed by atoms with Gasteiger partial charge in [-0.3, -0.25) is 14.5 Å². The van der Waals surface area contributed by atoms with Crippen molar-refractivity contribution in [2.45, 2.75) is 19.4 Å². The first-order valence-corrected chi connectivity index (χ1v) is 7.72. The van der Waals surface area contributed by atoms with Gasteiger partial charge in [-0.1, -0.05) is 6.07 Å². The van der Waals surface area contributed by atoms with E-state index in [0.29, 0.717) is 32.7 Å². The summed E-state index contributed by atoms with van der Waals surface area (Å²) in [6, 6.07) is 3.56. The minimum absolute atomic E-state index is 0.0618. The van der Waals surface area contributed by atoms with Crippen molar-refractivity contribution in [1.29, 1.82) is 0 Å². The fourth-order valence-corrected chi connectivity index (χ4v) is 2.52. The van der Waals surface area contributed by atoms with Crippen LogP contribution in [0.15, 0.2) is 18.2 Å². The lowest BCUT2D eigenvalue weighted by atomic mass is 10.2. The van der Waals surface area contributed by atoms with Crippen LogP contribution in [0, 0.1) is 11.6 Å². The zero-order valence-corrected chi connectivity index (χ0v) is 13.4. The van der Waals surface area contributed by atoms with E-state index in [0.717, 1.165) is 6.07 Å². The molecule has 1 heterocycles. The predicted molar refractivity (Wildman–Crippen MR) is 81.7 cm³/mol. The van der Waals surface area contributed by atoms with E-state index >= 15 is 0 Å². The molecule has 1 saturated heterocycles. The molecular weight excluding hydrogens is 322 g/mol. The molecule has 1 N–H and O–H groups in total. The predicted octanol–water partition coefficient (Wildman–Crippen LogP) is 1.35. The largest absolute Gasteiger partial charge is 0.481 e. The Morgan fingerprint density at radius 3 is 2.54 bits per heavy atom. The van der Waals surface area contributed by atoms with Gasteiger partial charge >= 0.3 is 5.97 Å². The second-order valence-electron chi connectivity index (χ2n) is 5.62. The number of nitrogens with zero attached hydrogens (tertiary/aromatic N) is 2. The molecule has 6 nitrogen and oxygen atoms in total. The maximum atomic E-state index is 13.6. The number of carbonyl (C=O) groups excluding carboxylic acids is 1. The Balaban J connectivity index is 1.86. The molecule has 1 unspecified atom stereocenters. The minimum Gasteiger partial charge on any atom is -0.481 e. The molecule has 1 aliphatic heterocycles. The standard InChI is InChI=1S/C16H20F2N2O4/c1-11(24-13-4-2-3-12(17)15(13)18)16(23)20-9-7-19(8-10-20)6-5-14(21)22/h2-4,11H,5-10H2,1H3,(H,21,22). The third kappa shape index (κ3) is 4.64. The van der Waals surface area contributed by atoms with Gasteiger partial charge in [-0.15, -0.1) is 0 Å². The summed E-state index contributed by atoms with van der Waals surface area (Å²) in [5.41, 5.74) is 0. The Hall–Kier alpha value is -2.22. The molecule has 0 radical (unpaired) electrons. The molecule has 1 aromatic carbocycles. The molecule has 1 amide bonds. The molecule has 1 atom stereocenters. The van der Waals surface area contributed by atoms with Gasteiger partial charge in [0, 0.05) is 32.7 Å². The second kappa shape index (κ2) is 8.05. The lowest BCUT2D eigenvalue weighted by molar-refractivity contribution is -0.141. The number of ether oxygens (including phenoxy) is 1. The third-order valence-corrected chi connectivity index (χ3v) is 3.89. The number of hydrogen-bond acceptors (Lipinski definition) is 4. The van der Waals surface area contributed by atoms with Crippen molar-refractivity contribution in [2.24, 2.45) is 0 Å². The number of carboxylic acids is 1. The fourth-order valence-electron chi connectivity index (χ4n) is 2.52. The average molecular weight is 342 g/mol. The highest BCUT2D eigenvalue weighted by molar-refractivity contribution is 5.81. The normalized spacial score (nSPS) is 16.7. The summed E-state index contributed by atoms with van der Waals surface area (Å²) in [7, 11) is 0. The van der Waals surface area contributed by atoms with Crippen molar-refractivity contribution in [2.75, 3.05) is 32.7 Å². The summed E-state index contributed by atoms with van der Waals surface area (Å²) in [4.78, 5) is 26.5. The Morgan fingerprint density at radius 1 is 1.25 bits per heavy atom. The number of benzene rings is 1. The third-order valence-electron chi connectivity index (χ3n) is 3.89. The number of amides is 1. The number of hydrogen-bond donors (Lipinski definition) is 1. The van der Waals surface area contributed by atoms with Crippen LogP contribution < -0.4 is 4.74 Å². The highest BCUT2D eigenvalue weighted by atomic mass is 19.2. The van der Waals surface area contributed by atoms with Crippen LogP contribution in [0.4, 0.5) is 8.78 Å². The Labute approximate surface area is 138 Å². The van der Waals surface area contributed by atoms with Gasteiger partial charge in [0.15, 0.2) is 17.7 Å². The van der Waals surface area contributed by atoms with Crippen LogP contribution >= 0.6 is 0 Å². The van der Waals surface area contributed by atoms with E-state index in [4.69, 9.17) is 9.84 Å². The molecule has 132 valence electrons. The van der Waals surface area contributed by atoms with E-state index in [1.807, 2.05) is 4.90 Å². The molecule has 1 aromatic rings. The smallest absolute Gasteiger partial charge is 0.304 e. The van der Waals surface area contributed by atoms with Gasteiger partial charge in [0.1, 0.15) is 0 Å². The minimum atomic E-state index is -1.12. The van der Waals surface area contributed by atoms with E-state index in [2.05, 4.69) is 0 Å². The number of piperazine rings is 1. The van der Waals surface area contributed by atoms with E-state index < -0.39 is 23.7 Å². The molecule has 2 rings (SSSR count). The van der Waals surface area contributed by atoms with Gasteiger partial charge < -0.3 is 14.7 Å². The van der Waals surface area contributed by atoms with E-state index in [1.54, 1.807) is 4.90 Å². The summed E-state index contributed by atoms with van der Waals surface area (Å²) in [5.74, 6) is -3.60. The lowest BCUT2D eigenvalue weighted by Crippen LogP contribution is -2.52. The average Bonchev–Trinajstić information content (AvgIpc) is 2.57. The molecule has 24 heavy (non-hydrogen) atoms. The van der Waals surface area contributed by atoms with Crippen molar-refractivity contribution in [3.05, 3.63) is 29.8 Å². The van der Waals surface area contributed by atoms with Gasteiger partial charge in [-0.25, -0.2) is 4.39 Å². The first-order valence-electron chi connectivity index (χ1n) is 7.72. The van der Waals surface area contributed by atoms with Crippen molar-refractivity contribution in [3.8, 4) is 5.75 Å². The van der Waals surface area contributed by atoms with E-state index in [1.165, 1.54) is 19.1 Å². The quantitative estimate of drug-likeness (QED) is 0.845. The monoisotopic (exact) mass is 342 g/mol. The van der Waals surface area contributed by atoms with E-state index in [-0.39, 0.29) is 18.1 Å². The Bertz CT molecular complexity index is 604. The van der Waals surface area contributed by atoms with Crippen LogP contribution in [0.3, 0.4) is 0 Å². The van der Waals surface area contributed by atoms with Crippen molar-refractivity contribution >= 4 is 11.9 Å². The van der Waals surface area contributed by atoms with Crippen molar-refractivity contribution in [1.82, 2.24) is 9.80 Å². The van der Waals surface area contributed by atoms with Gasteiger partial charge in [-0.05, 0) is 19.1 Å². The highest BCUT2D eigenvalue weighted by Crippen LogP contribution is 2.21. The fraction of sp³-hybridized carbons (Fsp3) is 0.500. The lowest BCUT2D eigenvalue weighted by Gasteiger charge is -2.35. The number of aliphatic carboxylic acids is 1. The van der Waals surface area contributed by atoms with Gasteiger partial charge in [-0.2, -0.15) is 4.39 Å².